The van der Waals surface area contributed by atoms with Gasteiger partial charge in [-0.05, 0) is 43.7 Å². The van der Waals surface area contributed by atoms with Crippen molar-refractivity contribution in [1.29, 1.82) is 0 Å². The van der Waals surface area contributed by atoms with E-state index in [1.54, 1.807) is 29.6 Å². The molecule has 0 atom stereocenters. The third kappa shape index (κ3) is 5.51. The molecule has 3 rings (SSSR count). The van der Waals surface area contributed by atoms with Crippen LogP contribution in [0, 0.1) is 0 Å². The van der Waals surface area contributed by atoms with Crippen LogP contribution in [0.5, 0.6) is 0 Å². The average Bonchev–Trinajstić information content (AvgIpc) is 2.96. The van der Waals surface area contributed by atoms with E-state index in [1.165, 1.54) is 24.2 Å². The molecule has 2 heterocycles. The Bertz CT molecular complexity index is 767. The van der Waals surface area contributed by atoms with E-state index in [0.717, 1.165) is 30.9 Å². The number of anilines is 2. The quantitative estimate of drug-likeness (QED) is 0.733. The molecule has 0 radical (unpaired) electrons. The van der Waals surface area contributed by atoms with Gasteiger partial charge in [0.1, 0.15) is 5.69 Å². The summed E-state index contributed by atoms with van der Waals surface area (Å²) < 4.78 is 0. The van der Waals surface area contributed by atoms with Gasteiger partial charge in [-0.2, -0.15) is 0 Å². The van der Waals surface area contributed by atoms with E-state index >= 15 is 0 Å². The Hall–Kier alpha value is -2.45. The second kappa shape index (κ2) is 9.48. The number of carbonyl (C=O) groups is 2. The van der Waals surface area contributed by atoms with Crippen molar-refractivity contribution in [3.8, 4) is 0 Å². The highest BCUT2D eigenvalue weighted by Gasteiger charge is 2.15. The Morgan fingerprint density at radius 3 is 2.30 bits per heavy atom. The van der Waals surface area contributed by atoms with Crippen LogP contribution in [0.3, 0.4) is 0 Å². The summed E-state index contributed by atoms with van der Waals surface area (Å²) in [6.45, 7) is 2.12. The Kier molecular flexibility index (Phi) is 6.78. The van der Waals surface area contributed by atoms with E-state index in [9.17, 15) is 9.59 Å². The number of hydrogen-bond acceptors (Lipinski definition) is 5. The van der Waals surface area contributed by atoms with E-state index < -0.39 is 0 Å². The number of nitrogens with one attached hydrogen (secondary N) is 2. The molecule has 4 N–H and O–H groups in total. The van der Waals surface area contributed by atoms with Gasteiger partial charge in [0.05, 0.1) is 5.01 Å². The second-order valence-electron chi connectivity index (χ2n) is 6.53. The smallest absolute Gasteiger partial charge is 0.321 e. The summed E-state index contributed by atoms with van der Waals surface area (Å²) in [5, 5.41) is 8.33. The summed E-state index contributed by atoms with van der Waals surface area (Å²) in [4.78, 5) is 30.8. The zero-order valence-corrected chi connectivity index (χ0v) is 16.1. The number of amides is 3. The maximum Gasteiger partial charge on any atom is 0.321 e. The van der Waals surface area contributed by atoms with Gasteiger partial charge >= 0.3 is 6.03 Å². The molecule has 0 bridgehead atoms. The van der Waals surface area contributed by atoms with Gasteiger partial charge in [0, 0.05) is 36.3 Å². The van der Waals surface area contributed by atoms with Crippen molar-refractivity contribution in [2.24, 2.45) is 5.73 Å². The number of thiazole rings is 1. The Balaban J connectivity index is 1.54. The highest BCUT2D eigenvalue weighted by molar-refractivity contribution is 7.09. The Morgan fingerprint density at radius 1 is 1.04 bits per heavy atom. The largest absolute Gasteiger partial charge is 0.330 e. The SMILES string of the molecule is NCCc1nc(C(=O)Nc2ccc(NC(=O)N3CCCCCC3)cc2)cs1. The van der Waals surface area contributed by atoms with Crippen molar-refractivity contribution in [3.05, 3.63) is 40.3 Å². The molecule has 2 aromatic rings. The third-order valence-electron chi connectivity index (χ3n) is 4.43. The van der Waals surface area contributed by atoms with Crippen molar-refractivity contribution in [3.63, 3.8) is 0 Å². The maximum atomic E-state index is 12.4. The van der Waals surface area contributed by atoms with Gasteiger partial charge in [0.2, 0.25) is 0 Å². The molecule has 1 aliphatic heterocycles. The predicted molar refractivity (Wildman–Crippen MR) is 108 cm³/mol. The van der Waals surface area contributed by atoms with Crippen LogP contribution in [0.15, 0.2) is 29.6 Å². The van der Waals surface area contributed by atoms with Gasteiger partial charge in [-0.1, -0.05) is 12.8 Å². The molecule has 0 saturated carbocycles. The summed E-state index contributed by atoms with van der Waals surface area (Å²) in [5.74, 6) is -0.254. The van der Waals surface area contributed by atoms with Gasteiger partial charge in [-0.15, -0.1) is 11.3 Å². The maximum absolute atomic E-state index is 12.4. The van der Waals surface area contributed by atoms with E-state index in [0.29, 0.717) is 30.0 Å². The number of carbonyl (C=O) groups excluding carboxylic acids is 2. The van der Waals surface area contributed by atoms with Gasteiger partial charge in [-0.25, -0.2) is 9.78 Å². The molecule has 27 heavy (non-hydrogen) atoms. The summed E-state index contributed by atoms with van der Waals surface area (Å²) in [5.41, 5.74) is 7.26. The van der Waals surface area contributed by atoms with Gasteiger partial charge in [0.25, 0.3) is 5.91 Å². The molecule has 1 fully saturated rings. The van der Waals surface area contributed by atoms with Crippen molar-refractivity contribution in [2.45, 2.75) is 32.1 Å². The zero-order valence-electron chi connectivity index (χ0n) is 15.2. The number of rotatable bonds is 5. The van der Waals surface area contributed by atoms with Crippen molar-refractivity contribution in [1.82, 2.24) is 9.88 Å². The van der Waals surface area contributed by atoms with Crippen LogP contribution in [-0.2, 0) is 6.42 Å². The molecule has 1 saturated heterocycles. The van der Waals surface area contributed by atoms with Crippen LogP contribution < -0.4 is 16.4 Å². The first-order valence-corrected chi connectivity index (χ1v) is 10.2. The normalized spacial score (nSPS) is 14.5. The van der Waals surface area contributed by atoms with Crippen LogP contribution in [0.1, 0.15) is 41.2 Å². The average molecular weight is 388 g/mol. The molecule has 1 aromatic carbocycles. The van der Waals surface area contributed by atoms with Gasteiger partial charge < -0.3 is 21.3 Å². The Morgan fingerprint density at radius 2 is 1.67 bits per heavy atom. The molecule has 0 spiro atoms. The van der Waals surface area contributed by atoms with E-state index in [4.69, 9.17) is 5.73 Å². The minimum Gasteiger partial charge on any atom is -0.330 e. The lowest BCUT2D eigenvalue weighted by molar-refractivity contribution is 0.102. The molecule has 0 aliphatic carbocycles. The van der Waals surface area contributed by atoms with Crippen LogP contribution >= 0.6 is 11.3 Å². The third-order valence-corrected chi connectivity index (χ3v) is 5.34. The molecule has 1 aromatic heterocycles. The van der Waals surface area contributed by atoms with E-state index in [2.05, 4.69) is 15.6 Å². The van der Waals surface area contributed by atoms with Crippen LogP contribution in [0.4, 0.5) is 16.2 Å². The first kappa shape index (κ1) is 19.3. The predicted octanol–water partition coefficient (Wildman–Crippen LogP) is 3.30. The molecular formula is C19H25N5O2S. The number of nitrogens with two attached hydrogens (primary N) is 1. The zero-order chi connectivity index (χ0) is 19.1. The lowest BCUT2D eigenvalue weighted by Gasteiger charge is -2.20. The minimum atomic E-state index is -0.254. The van der Waals surface area contributed by atoms with Crippen LogP contribution in [-0.4, -0.2) is 41.5 Å². The molecule has 8 heteroatoms. The molecule has 0 unspecified atom stereocenters. The van der Waals surface area contributed by atoms with Crippen LogP contribution in [0.2, 0.25) is 0 Å². The number of likely N-dealkylation sites (tertiary alicyclic amines) is 1. The van der Waals surface area contributed by atoms with Crippen molar-refractivity contribution >= 4 is 34.6 Å². The number of hydrogen-bond donors (Lipinski definition) is 3. The van der Waals surface area contributed by atoms with Crippen LogP contribution in [0.25, 0.3) is 0 Å². The van der Waals surface area contributed by atoms with Crippen molar-refractivity contribution in [2.75, 3.05) is 30.3 Å². The monoisotopic (exact) mass is 387 g/mol. The molecular weight excluding hydrogens is 362 g/mol. The van der Waals surface area contributed by atoms with E-state index in [1.807, 2.05) is 4.90 Å². The van der Waals surface area contributed by atoms with Gasteiger partial charge in [-0.3, -0.25) is 4.79 Å². The topological polar surface area (TPSA) is 100 Å². The first-order valence-electron chi connectivity index (χ1n) is 9.27. The lowest BCUT2D eigenvalue weighted by Crippen LogP contribution is -2.35. The number of aromatic nitrogens is 1. The highest BCUT2D eigenvalue weighted by Crippen LogP contribution is 2.17. The molecule has 7 nitrogen and oxygen atoms in total. The first-order chi connectivity index (χ1) is 13.2. The Labute approximate surface area is 163 Å². The number of urea groups is 1. The number of benzene rings is 1. The molecule has 144 valence electrons. The van der Waals surface area contributed by atoms with Gasteiger partial charge in [0.15, 0.2) is 0 Å². The molecule has 1 aliphatic rings. The summed E-state index contributed by atoms with van der Waals surface area (Å²) in [6, 6.07) is 7.04. The minimum absolute atomic E-state index is 0.0661. The van der Waals surface area contributed by atoms with Crippen molar-refractivity contribution < 1.29 is 9.59 Å². The lowest BCUT2D eigenvalue weighted by atomic mass is 10.2. The fourth-order valence-electron chi connectivity index (χ4n) is 2.96. The second-order valence-corrected chi connectivity index (χ2v) is 7.47. The summed E-state index contributed by atoms with van der Waals surface area (Å²) in [7, 11) is 0. The number of nitrogens with zero attached hydrogens (tertiary/aromatic N) is 2. The van der Waals surface area contributed by atoms with E-state index in [-0.39, 0.29) is 11.9 Å². The standard InChI is InChI=1S/C19H25N5O2S/c20-10-9-17-23-16(13-27-17)18(25)21-14-5-7-15(8-6-14)22-19(26)24-11-3-1-2-4-12-24/h5-8,13H,1-4,9-12,20H2,(H,21,25)(H,22,26). The summed E-state index contributed by atoms with van der Waals surface area (Å²) >= 11 is 1.43. The highest BCUT2D eigenvalue weighted by atomic mass is 32.1. The fourth-order valence-corrected chi connectivity index (χ4v) is 3.76. The molecule has 3 amide bonds. The summed E-state index contributed by atoms with van der Waals surface area (Å²) in [6.07, 6.45) is 5.16. The fraction of sp³-hybridized carbons (Fsp3) is 0.421.